The minimum absolute atomic E-state index is 0.0334. The topological polar surface area (TPSA) is 55.1 Å². The molecule has 0 aliphatic heterocycles. The van der Waals surface area contributed by atoms with Crippen molar-refractivity contribution < 1.29 is 4.79 Å². The van der Waals surface area contributed by atoms with Crippen LogP contribution in [-0.2, 0) is 24.2 Å². The maximum absolute atomic E-state index is 11.6. The molecule has 3 N–H and O–H groups in total. The van der Waals surface area contributed by atoms with E-state index in [0.29, 0.717) is 13.0 Å². The van der Waals surface area contributed by atoms with Gasteiger partial charge in [-0.05, 0) is 44.7 Å². The average Bonchev–Trinajstić information content (AvgIpc) is 2.70. The Labute approximate surface area is 106 Å². The third-order valence-electron chi connectivity index (χ3n) is 2.87. The Hall–Kier alpha value is -0.870. The quantitative estimate of drug-likeness (QED) is 0.861. The maximum atomic E-state index is 11.6. The van der Waals surface area contributed by atoms with Crippen LogP contribution < -0.4 is 11.1 Å². The number of hydrogen-bond donors (Lipinski definition) is 2. The lowest BCUT2D eigenvalue weighted by Crippen LogP contribution is -2.38. The monoisotopic (exact) mass is 252 g/mol. The molecule has 1 aliphatic carbocycles. The van der Waals surface area contributed by atoms with Crippen molar-refractivity contribution in [2.45, 2.75) is 51.6 Å². The van der Waals surface area contributed by atoms with Gasteiger partial charge >= 0.3 is 0 Å². The van der Waals surface area contributed by atoms with E-state index in [-0.39, 0.29) is 5.91 Å². The highest BCUT2D eigenvalue weighted by molar-refractivity contribution is 7.12. The molecule has 0 saturated carbocycles. The molecule has 94 valence electrons. The number of thiophene rings is 1. The van der Waals surface area contributed by atoms with Crippen molar-refractivity contribution in [3.63, 3.8) is 0 Å². The summed E-state index contributed by atoms with van der Waals surface area (Å²) in [4.78, 5) is 14.4. The van der Waals surface area contributed by atoms with Gasteiger partial charge in [-0.3, -0.25) is 4.79 Å². The molecule has 0 atom stereocenters. The average molecular weight is 252 g/mol. The van der Waals surface area contributed by atoms with Crippen LogP contribution in [0.1, 0.15) is 42.0 Å². The van der Waals surface area contributed by atoms with Crippen LogP contribution in [0.4, 0.5) is 0 Å². The van der Waals surface area contributed by atoms with Crippen LogP contribution in [0.25, 0.3) is 0 Å². The van der Waals surface area contributed by atoms with Gasteiger partial charge in [-0.25, -0.2) is 0 Å². The summed E-state index contributed by atoms with van der Waals surface area (Å²) in [5, 5.41) is 2.94. The van der Waals surface area contributed by atoms with Crippen molar-refractivity contribution in [2.24, 2.45) is 5.73 Å². The van der Waals surface area contributed by atoms with Gasteiger partial charge < -0.3 is 11.1 Å². The van der Waals surface area contributed by atoms with Crippen LogP contribution >= 0.6 is 11.3 Å². The highest BCUT2D eigenvalue weighted by atomic mass is 32.1. The van der Waals surface area contributed by atoms with Gasteiger partial charge in [0.15, 0.2) is 0 Å². The standard InChI is InChI=1S/C13H20N2OS/c1-13(2,14)7-12(16)15-8-10-6-9-4-3-5-11(9)17-10/h6H,3-5,7-8,14H2,1-2H3,(H,15,16). The second-order valence-electron chi connectivity index (χ2n) is 5.46. The molecule has 0 saturated heterocycles. The highest BCUT2D eigenvalue weighted by Gasteiger charge is 2.17. The van der Waals surface area contributed by atoms with Crippen molar-refractivity contribution in [1.82, 2.24) is 5.32 Å². The third-order valence-corrected chi connectivity index (χ3v) is 4.11. The number of aryl methyl sites for hydroxylation is 2. The summed E-state index contributed by atoms with van der Waals surface area (Å²) in [6, 6.07) is 2.24. The molecule has 0 fully saturated rings. The Morgan fingerprint density at radius 2 is 2.29 bits per heavy atom. The fraction of sp³-hybridized carbons (Fsp3) is 0.615. The van der Waals surface area contributed by atoms with Crippen molar-refractivity contribution in [3.05, 3.63) is 21.4 Å². The zero-order valence-corrected chi connectivity index (χ0v) is 11.3. The van der Waals surface area contributed by atoms with Crippen molar-refractivity contribution in [1.29, 1.82) is 0 Å². The largest absolute Gasteiger partial charge is 0.351 e. The van der Waals surface area contributed by atoms with Gasteiger partial charge in [0.05, 0.1) is 6.54 Å². The summed E-state index contributed by atoms with van der Waals surface area (Å²) >= 11 is 1.84. The number of hydrogen-bond acceptors (Lipinski definition) is 3. The molecule has 4 heteroatoms. The maximum Gasteiger partial charge on any atom is 0.222 e. The first-order valence-electron chi connectivity index (χ1n) is 6.10. The number of nitrogens with two attached hydrogens (primary N) is 1. The van der Waals surface area contributed by atoms with E-state index in [2.05, 4.69) is 11.4 Å². The van der Waals surface area contributed by atoms with Crippen molar-refractivity contribution in [2.75, 3.05) is 0 Å². The van der Waals surface area contributed by atoms with Crippen molar-refractivity contribution in [3.8, 4) is 0 Å². The summed E-state index contributed by atoms with van der Waals surface area (Å²) in [5.41, 5.74) is 6.86. The Morgan fingerprint density at radius 1 is 1.53 bits per heavy atom. The smallest absolute Gasteiger partial charge is 0.222 e. The Balaban J connectivity index is 1.83. The van der Waals surface area contributed by atoms with Gasteiger partial charge in [0.25, 0.3) is 0 Å². The lowest BCUT2D eigenvalue weighted by Gasteiger charge is -2.17. The van der Waals surface area contributed by atoms with E-state index in [1.807, 2.05) is 25.2 Å². The van der Waals surface area contributed by atoms with Crippen LogP contribution in [0.15, 0.2) is 6.07 Å². The number of carbonyl (C=O) groups is 1. The first-order chi connectivity index (χ1) is 7.94. The molecule has 0 unspecified atom stereocenters. The Bertz CT molecular complexity index is 396. The van der Waals surface area contributed by atoms with Crippen LogP contribution in [0.5, 0.6) is 0 Å². The lowest BCUT2D eigenvalue weighted by molar-refractivity contribution is -0.122. The van der Waals surface area contributed by atoms with E-state index in [1.165, 1.54) is 34.6 Å². The van der Waals surface area contributed by atoms with Crippen LogP contribution in [0.2, 0.25) is 0 Å². The fourth-order valence-corrected chi connectivity index (χ4v) is 3.34. The number of rotatable bonds is 4. The van der Waals surface area contributed by atoms with E-state index < -0.39 is 5.54 Å². The van der Waals surface area contributed by atoms with Gasteiger partial charge in [0, 0.05) is 21.7 Å². The van der Waals surface area contributed by atoms with Crippen LogP contribution in [0, 0.1) is 0 Å². The number of amides is 1. The molecular formula is C13H20N2OS. The van der Waals surface area contributed by atoms with Gasteiger partial charge in [0.2, 0.25) is 5.91 Å². The second kappa shape index (κ2) is 4.78. The van der Waals surface area contributed by atoms with E-state index in [1.54, 1.807) is 0 Å². The predicted molar refractivity (Wildman–Crippen MR) is 71.1 cm³/mol. The summed E-state index contributed by atoms with van der Waals surface area (Å²) in [6.45, 7) is 4.38. The van der Waals surface area contributed by atoms with E-state index in [4.69, 9.17) is 5.73 Å². The molecule has 1 aromatic heterocycles. The first kappa shape index (κ1) is 12.6. The summed E-state index contributed by atoms with van der Waals surface area (Å²) in [6.07, 6.45) is 4.08. The van der Waals surface area contributed by atoms with Gasteiger partial charge in [-0.2, -0.15) is 0 Å². The Morgan fingerprint density at radius 3 is 2.94 bits per heavy atom. The molecule has 17 heavy (non-hydrogen) atoms. The molecule has 1 heterocycles. The molecule has 1 aromatic rings. The van der Waals surface area contributed by atoms with Crippen molar-refractivity contribution >= 4 is 17.2 Å². The predicted octanol–water partition coefficient (Wildman–Crippen LogP) is 1.98. The normalized spacial score (nSPS) is 14.8. The zero-order valence-electron chi connectivity index (χ0n) is 10.5. The second-order valence-corrected chi connectivity index (χ2v) is 6.68. The molecule has 2 rings (SSSR count). The van der Waals surface area contributed by atoms with E-state index >= 15 is 0 Å². The molecule has 1 amide bonds. The molecule has 1 aliphatic rings. The SMILES string of the molecule is CC(C)(N)CC(=O)NCc1cc2c(s1)CCC2. The lowest BCUT2D eigenvalue weighted by atomic mass is 10.0. The van der Waals surface area contributed by atoms with Gasteiger partial charge in [-0.15, -0.1) is 11.3 Å². The minimum atomic E-state index is -0.429. The van der Waals surface area contributed by atoms with Crippen LogP contribution in [-0.4, -0.2) is 11.4 Å². The summed E-state index contributed by atoms with van der Waals surface area (Å²) in [5.74, 6) is 0.0334. The van der Waals surface area contributed by atoms with Gasteiger partial charge in [0.1, 0.15) is 0 Å². The summed E-state index contributed by atoms with van der Waals surface area (Å²) in [7, 11) is 0. The number of carbonyl (C=O) groups excluding carboxylic acids is 1. The van der Waals surface area contributed by atoms with E-state index in [0.717, 1.165) is 0 Å². The fourth-order valence-electron chi connectivity index (χ4n) is 2.14. The summed E-state index contributed by atoms with van der Waals surface area (Å²) < 4.78 is 0. The molecule has 0 radical (unpaired) electrons. The molecule has 0 bridgehead atoms. The first-order valence-corrected chi connectivity index (χ1v) is 6.92. The molecule has 3 nitrogen and oxygen atoms in total. The number of fused-ring (bicyclic) bond motifs is 1. The number of nitrogens with one attached hydrogen (secondary N) is 1. The third kappa shape index (κ3) is 3.54. The minimum Gasteiger partial charge on any atom is -0.351 e. The molecular weight excluding hydrogens is 232 g/mol. The molecule has 0 spiro atoms. The van der Waals surface area contributed by atoms with Crippen LogP contribution in [0.3, 0.4) is 0 Å². The van der Waals surface area contributed by atoms with E-state index in [9.17, 15) is 4.79 Å². The highest BCUT2D eigenvalue weighted by Crippen LogP contribution is 2.30. The molecule has 0 aromatic carbocycles. The van der Waals surface area contributed by atoms with Gasteiger partial charge in [-0.1, -0.05) is 0 Å². The Kier molecular flexibility index (Phi) is 3.54. The zero-order chi connectivity index (χ0) is 12.5.